The number of methoxy groups -OCH3 is 2. The van der Waals surface area contributed by atoms with Gasteiger partial charge in [0.05, 0.1) is 26.1 Å². The maximum absolute atomic E-state index is 15.1. The van der Waals surface area contributed by atoms with E-state index < -0.39 is 11.9 Å². The molecule has 0 amide bonds. The zero-order chi connectivity index (χ0) is 52.2. The Labute approximate surface area is 431 Å². The molecule has 0 saturated heterocycles. The van der Waals surface area contributed by atoms with Crippen LogP contribution in [0.15, 0.2) is 122 Å². The lowest BCUT2D eigenvalue weighted by Crippen LogP contribution is -2.19. The Morgan fingerprint density at radius 3 is 1.36 bits per heavy atom. The molecule has 10 heteroatoms. The van der Waals surface area contributed by atoms with Crippen LogP contribution in [-0.2, 0) is 46.5 Å². The molecule has 8 nitrogen and oxygen atoms in total. The lowest BCUT2D eigenvalue weighted by Gasteiger charge is -2.31. The quantitative estimate of drug-likeness (QED) is 0.104. The van der Waals surface area contributed by atoms with E-state index in [1.54, 1.807) is 26.4 Å². The molecule has 2 fully saturated rings. The van der Waals surface area contributed by atoms with Gasteiger partial charge in [0.15, 0.2) is 0 Å². The summed E-state index contributed by atoms with van der Waals surface area (Å²) in [7, 11) is 3.24. The summed E-state index contributed by atoms with van der Waals surface area (Å²) in [6.07, 6.45) is 8.91. The topological polar surface area (TPSA) is 112 Å². The summed E-state index contributed by atoms with van der Waals surface area (Å²) in [4.78, 5) is 23.2. The van der Waals surface area contributed by atoms with Gasteiger partial charge in [0, 0.05) is 44.9 Å². The standard InChI is InChI=1S/2C32H31FO4/c2*1-5-31(2,3)29-22-14-18(6-9-21(22)27-25(33)10-11-26(36-4)28(27)29)17-37-20-8-7-19-12-13-32(23(19)15-20)16-24(32)30(34)35/h2*5-11,14-15,24,29H,1,12-13,16-17H2,2-4H3,(H,34,35)/t24-,29+,32-;24-,29-,32-/m00/s1. The maximum Gasteiger partial charge on any atom is 0.307 e. The molecule has 6 aliphatic carbocycles. The van der Waals surface area contributed by atoms with Gasteiger partial charge in [-0.15, -0.1) is 13.2 Å². The summed E-state index contributed by atoms with van der Waals surface area (Å²) >= 11 is 0. The van der Waals surface area contributed by atoms with E-state index in [2.05, 4.69) is 65.1 Å². The van der Waals surface area contributed by atoms with Crippen molar-refractivity contribution < 1.29 is 47.5 Å². The molecule has 6 aromatic rings. The molecule has 6 aromatic carbocycles. The van der Waals surface area contributed by atoms with Gasteiger partial charge >= 0.3 is 11.9 Å². The van der Waals surface area contributed by atoms with E-state index in [0.29, 0.717) is 48.7 Å². The fraction of sp³-hybridized carbons (Fsp3) is 0.344. The van der Waals surface area contributed by atoms with Crippen LogP contribution in [0.25, 0.3) is 22.3 Å². The zero-order valence-corrected chi connectivity index (χ0v) is 42.9. The number of carboxylic acids is 2. The fourth-order valence-corrected chi connectivity index (χ4v) is 13.4. The average molecular weight is 997 g/mol. The summed E-state index contributed by atoms with van der Waals surface area (Å²) < 4.78 is 54.0. The second-order valence-electron chi connectivity index (χ2n) is 22.6. The Morgan fingerprint density at radius 2 is 1.01 bits per heavy atom. The van der Waals surface area contributed by atoms with Gasteiger partial charge in [-0.05, 0) is 154 Å². The van der Waals surface area contributed by atoms with Gasteiger partial charge in [-0.1, -0.05) is 88.4 Å². The summed E-state index contributed by atoms with van der Waals surface area (Å²) in [6, 6.07) is 30.7. The number of fused-ring (bicyclic) bond motifs is 10. The molecular formula is C64H62F2O8. The first-order valence-electron chi connectivity index (χ1n) is 25.6. The van der Waals surface area contributed by atoms with Crippen molar-refractivity contribution in [2.45, 2.75) is 102 Å². The Hall–Kier alpha value is -7.20. The van der Waals surface area contributed by atoms with E-state index >= 15 is 8.78 Å². The molecule has 380 valence electrons. The first-order valence-corrected chi connectivity index (χ1v) is 25.6. The second-order valence-corrected chi connectivity index (χ2v) is 22.6. The molecule has 0 unspecified atom stereocenters. The van der Waals surface area contributed by atoms with E-state index in [0.717, 1.165) is 92.8 Å². The maximum atomic E-state index is 15.1. The number of hydrogen-bond acceptors (Lipinski definition) is 6. The largest absolute Gasteiger partial charge is 0.496 e. The Kier molecular flexibility index (Phi) is 11.8. The van der Waals surface area contributed by atoms with Crippen LogP contribution in [0.3, 0.4) is 0 Å². The van der Waals surface area contributed by atoms with E-state index in [4.69, 9.17) is 18.9 Å². The molecule has 0 bridgehead atoms. The van der Waals surface area contributed by atoms with Crippen LogP contribution in [0.1, 0.15) is 121 Å². The number of carboxylic acid groups (broad SMARTS) is 2. The Morgan fingerprint density at radius 1 is 0.608 bits per heavy atom. The molecule has 2 saturated carbocycles. The van der Waals surface area contributed by atoms with Gasteiger partial charge in [0.25, 0.3) is 0 Å². The number of rotatable bonds is 14. The average Bonchev–Trinajstić information content (AvgIpc) is 4.10. The van der Waals surface area contributed by atoms with Gasteiger partial charge in [-0.3, -0.25) is 9.59 Å². The third-order valence-corrected chi connectivity index (χ3v) is 17.7. The van der Waals surface area contributed by atoms with Crippen molar-refractivity contribution in [3.05, 3.63) is 190 Å². The molecule has 12 rings (SSSR count). The van der Waals surface area contributed by atoms with Crippen LogP contribution in [0, 0.1) is 34.3 Å². The van der Waals surface area contributed by atoms with Gasteiger partial charge in [0.1, 0.15) is 47.8 Å². The second kappa shape index (κ2) is 17.7. The number of aryl methyl sites for hydroxylation is 2. The van der Waals surface area contributed by atoms with Crippen molar-refractivity contribution >= 4 is 11.9 Å². The number of aliphatic carboxylic acids is 2. The van der Waals surface area contributed by atoms with Gasteiger partial charge in [-0.2, -0.15) is 0 Å². The first kappa shape index (κ1) is 49.0. The number of benzene rings is 6. The van der Waals surface area contributed by atoms with Crippen molar-refractivity contribution in [1.29, 1.82) is 0 Å². The normalized spacial score (nSPS) is 22.8. The van der Waals surface area contributed by atoms with E-state index in [1.807, 2.05) is 60.7 Å². The van der Waals surface area contributed by atoms with Crippen molar-refractivity contribution in [3.63, 3.8) is 0 Å². The van der Waals surface area contributed by atoms with Crippen LogP contribution >= 0.6 is 0 Å². The highest BCUT2D eigenvalue weighted by molar-refractivity contribution is 5.84. The van der Waals surface area contributed by atoms with Gasteiger partial charge < -0.3 is 29.2 Å². The van der Waals surface area contributed by atoms with E-state index in [1.165, 1.54) is 23.3 Å². The minimum atomic E-state index is -0.705. The van der Waals surface area contributed by atoms with Crippen molar-refractivity contribution in [2.24, 2.45) is 22.7 Å². The molecular weight excluding hydrogens is 935 g/mol. The molecule has 0 radical (unpaired) electrons. The van der Waals surface area contributed by atoms with Crippen LogP contribution < -0.4 is 18.9 Å². The molecule has 0 aliphatic heterocycles. The minimum Gasteiger partial charge on any atom is -0.496 e. The molecule has 2 spiro atoms. The van der Waals surface area contributed by atoms with E-state index in [9.17, 15) is 19.8 Å². The molecule has 2 N–H and O–H groups in total. The fourth-order valence-electron chi connectivity index (χ4n) is 13.4. The molecule has 0 heterocycles. The number of carbonyl (C=O) groups is 2. The molecule has 74 heavy (non-hydrogen) atoms. The first-order chi connectivity index (χ1) is 35.4. The van der Waals surface area contributed by atoms with Crippen molar-refractivity contribution in [2.75, 3.05) is 14.2 Å². The monoisotopic (exact) mass is 996 g/mol. The zero-order valence-electron chi connectivity index (χ0n) is 42.9. The molecule has 6 aliphatic rings. The summed E-state index contributed by atoms with van der Waals surface area (Å²) in [5, 5.41) is 19.1. The van der Waals surface area contributed by atoms with Crippen molar-refractivity contribution in [3.8, 4) is 45.3 Å². The van der Waals surface area contributed by atoms with E-state index in [-0.39, 0.29) is 57.0 Å². The lowest BCUT2D eigenvalue weighted by molar-refractivity contribution is -0.140. The summed E-state index contributed by atoms with van der Waals surface area (Å²) in [5.74, 6) is 0.138. The third-order valence-electron chi connectivity index (χ3n) is 17.7. The van der Waals surface area contributed by atoms with Crippen LogP contribution in [-0.4, -0.2) is 36.4 Å². The smallest absolute Gasteiger partial charge is 0.307 e. The predicted molar refractivity (Wildman–Crippen MR) is 281 cm³/mol. The predicted octanol–water partition coefficient (Wildman–Crippen LogP) is 14.1. The van der Waals surface area contributed by atoms with Gasteiger partial charge in [-0.25, -0.2) is 8.78 Å². The van der Waals surface area contributed by atoms with Crippen molar-refractivity contribution in [1.82, 2.24) is 0 Å². The summed E-state index contributed by atoms with van der Waals surface area (Å²) in [5.41, 5.74) is 12.4. The van der Waals surface area contributed by atoms with Crippen LogP contribution in [0.2, 0.25) is 0 Å². The SMILES string of the molecule is C=CC(C)(C)[C@@H]1c2cc(COc3ccc4c(c3)[C@]3(CC4)C[C@H]3C(=O)O)ccc2-c2c(F)ccc(OC)c21.C=CC(C)(C)[C@H]1c2cc(COc3ccc4c(c3)[C@]3(CC4)C[C@H]3C(=O)O)ccc2-c2c(F)ccc(OC)c21. The van der Waals surface area contributed by atoms with Crippen LogP contribution in [0.4, 0.5) is 8.78 Å². The summed E-state index contributed by atoms with van der Waals surface area (Å²) in [6.45, 7) is 17.3. The Bertz CT molecular complexity index is 3130. The molecule has 0 aromatic heterocycles. The lowest BCUT2D eigenvalue weighted by atomic mass is 9.73. The van der Waals surface area contributed by atoms with Crippen LogP contribution in [0.5, 0.6) is 23.0 Å². The highest BCUT2D eigenvalue weighted by Gasteiger charge is 2.63. The highest BCUT2D eigenvalue weighted by Crippen LogP contribution is 2.64. The van der Waals surface area contributed by atoms with Gasteiger partial charge in [0.2, 0.25) is 0 Å². The third kappa shape index (κ3) is 7.72. The molecule has 6 atom stereocenters. The minimum absolute atomic E-state index is 0.108. The number of ether oxygens (including phenoxy) is 4. The number of allylic oxidation sites excluding steroid dienone is 2. The highest BCUT2D eigenvalue weighted by atomic mass is 19.1. The Balaban J connectivity index is 0.000000159. The number of halogens is 2. The number of hydrogen-bond donors (Lipinski definition) is 2.